The fourth-order valence-corrected chi connectivity index (χ4v) is 3.12. The number of carbonyl (C=O) groups excluding carboxylic acids is 2. The van der Waals surface area contributed by atoms with Crippen LogP contribution in [0.3, 0.4) is 0 Å². The summed E-state index contributed by atoms with van der Waals surface area (Å²) in [5.74, 6) is -1.20. The number of carboxylic acid groups (broad SMARTS) is 1. The van der Waals surface area contributed by atoms with E-state index in [-0.39, 0.29) is 32.5 Å². The van der Waals surface area contributed by atoms with E-state index in [0.29, 0.717) is 0 Å². The molecule has 0 unspecified atom stereocenters. The van der Waals surface area contributed by atoms with Gasteiger partial charge in [-0.2, -0.15) is 0 Å². The van der Waals surface area contributed by atoms with Crippen LogP contribution < -0.4 is 0 Å². The number of carbonyl (C=O) groups is 3. The fourth-order valence-electron chi connectivity index (χ4n) is 3.12. The van der Waals surface area contributed by atoms with Crippen molar-refractivity contribution < 1.29 is 42.9 Å². The number of likely N-dealkylation sites (tertiary alicyclic amines) is 2. The Labute approximate surface area is 181 Å². The van der Waals surface area contributed by atoms with E-state index in [1.807, 2.05) is 0 Å². The van der Waals surface area contributed by atoms with Crippen LogP contribution in [0.1, 0.15) is 54.4 Å². The molecular formula is C20H34F2N2O7. The Balaban J connectivity index is 0.000000311. The average molecular weight is 452 g/mol. The van der Waals surface area contributed by atoms with E-state index in [2.05, 4.69) is 0 Å². The number of rotatable bonds is 2. The molecule has 2 N–H and O–H groups in total. The number of aliphatic hydroxyl groups is 1. The molecule has 0 bridgehead atoms. The van der Waals surface area contributed by atoms with Crippen molar-refractivity contribution in [2.75, 3.05) is 19.7 Å². The van der Waals surface area contributed by atoms with Gasteiger partial charge in [0.15, 0.2) is 0 Å². The number of aliphatic hydroxyl groups excluding tert-OH is 1. The minimum atomic E-state index is -1.30. The summed E-state index contributed by atoms with van der Waals surface area (Å²) in [4.78, 5) is 36.2. The summed E-state index contributed by atoms with van der Waals surface area (Å²) in [5, 5.41) is 17.8. The monoisotopic (exact) mass is 452 g/mol. The molecule has 2 heterocycles. The third-order valence-corrected chi connectivity index (χ3v) is 4.37. The van der Waals surface area contributed by atoms with Gasteiger partial charge in [-0.1, -0.05) is 0 Å². The Bertz CT molecular complexity index is 648. The highest BCUT2D eigenvalue weighted by Gasteiger charge is 2.41. The van der Waals surface area contributed by atoms with Gasteiger partial charge in [-0.15, -0.1) is 0 Å². The molecule has 0 aliphatic carbocycles. The van der Waals surface area contributed by atoms with Crippen LogP contribution in [0.25, 0.3) is 0 Å². The number of aliphatic carboxylic acids is 1. The Morgan fingerprint density at radius 2 is 1.29 bits per heavy atom. The lowest BCUT2D eigenvalue weighted by molar-refractivity contribution is -0.142. The van der Waals surface area contributed by atoms with Gasteiger partial charge >= 0.3 is 18.2 Å². The first-order valence-electron chi connectivity index (χ1n) is 10.1. The maximum Gasteiger partial charge on any atom is 0.411 e. The summed E-state index contributed by atoms with van der Waals surface area (Å²) in [6, 6.07) is -1.57. The largest absolute Gasteiger partial charge is 0.480 e. The van der Waals surface area contributed by atoms with Gasteiger partial charge in [0, 0.05) is 12.8 Å². The van der Waals surface area contributed by atoms with Gasteiger partial charge in [0.2, 0.25) is 0 Å². The van der Waals surface area contributed by atoms with E-state index in [0.717, 1.165) is 4.90 Å². The van der Waals surface area contributed by atoms with Crippen LogP contribution in [0.2, 0.25) is 0 Å². The lowest BCUT2D eigenvalue weighted by Gasteiger charge is -2.27. The van der Waals surface area contributed by atoms with E-state index < -0.39 is 53.8 Å². The lowest BCUT2D eigenvalue weighted by Crippen LogP contribution is -2.43. The second-order valence-electron chi connectivity index (χ2n) is 9.62. The van der Waals surface area contributed by atoms with Crippen molar-refractivity contribution in [1.82, 2.24) is 9.80 Å². The highest BCUT2D eigenvalue weighted by molar-refractivity contribution is 5.81. The molecule has 2 aliphatic rings. The molecule has 2 aliphatic heterocycles. The molecule has 2 fully saturated rings. The van der Waals surface area contributed by atoms with Gasteiger partial charge in [0.1, 0.15) is 29.6 Å². The number of amides is 2. The van der Waals surface area contributed by atoms with E-state index in [9.17, 15) is 23.2 Å². The Kier molecular flexibility index (Phi) is 9.04. The quantitative estimate of drug-likeness (QED) is 0.662. The molecule has 0 spiro atoms. The molecule has 9 nitrogen and oxygen atoms in total. The lowest BCUT2D eigenvalue weighted by atomic mass is 10.2. The van der Waals surface area contributed by atoms with Crippen LogP contribution in [0.5, 0.6) is 0 Å². The first-order chi connectivity index (χ1) is 14.0. The van der Waals surface area contributed by atoms with Crippen molar-refractivity contribution in [3.05, 3.63) is 0 Å². The number of nitrogens with zero attached hydrogens (tertiary/aromatic N) is 2. The second kappa shape index (κ2) is 10.4. The normalized spacial score (nSPS) is 26.2. The summed E-state index contributed by atoms with van der Waals surface area (Å²) in [5.41, 5.74) is -1.31. The summed E-state index contributed by atoms with van der Waals surface area (Å²) < 4.78 is 36.2. The Hall–Kier alpha value is -2.17. The van der Waals surface area contributed by atoms with Gasteiger partial charge in [-0.3, -0.25) is 9.80 Å². The van der Waals surface area contributed by atoms with E-state index >= 15 is 0 Å². The first kappa shape index (κ1) is 26.9. The third-order valence-electron chi connectivity index (χ3n) is 4.37. The Morgan fingerprint density at radius 1 is 0.871 bits per heavy atom. The molecule has 31 heavy (non-hydrogen) atoms. The summed E-state index contributed by atoms with van der Waals surface area (Å²) >= 11 is 0. The van der Waals surface area contributed by atoms with Crippen LogP contribution in [-0.2, 0) is 14.3 Å². The van der Waals surface area contributed by atoms with Crippen LogP contribution in [0, 0.1) is 0 Å². The zero-order valence-corrected chi connectivity index (χ0v) is 18.9. The van der Waals surface area contributed by atoms with E-state index in [1.54, 1.807) is 41.5 Å². The second-order valence-corrected chi connectivity index (χ2v) is 9.62. The number of ether oxygens (including phenoxy) is 2. The van der Waals surface area contributed by atoms with Gasteiger partial charge in [0.25, 0.3) is 0 Å². The van der Waals surface area contributed by atoms with Gasteiger partial charge < -0.3 is 19.7 Å². The summed E-state index contributed by atoms with van der Waals surface area (Å²) in [6.45, 7) is 9.84. The number of alkyl halides is 2. The molecule has 2 rings (SSSR count). The standard InChI is InChI=1S/C10H16FNO4.C10H18FNO3/c1-10(2,3)16-9(15)12-5-6(11)4-7(12)8(13)14;1-10(2,3)15-9(14)12-5-7(11)4-8(12)6-13/h6-7H,4-5H2,1-3H3,(H,13,14);7-8,13H,4-6H2,1-3H3/t6-,7-;7-,8-/m00/s1. The number of carboxylic acids is 1. The molecule has 11 heteroatoms. The number of halogens is 2. The SMILES string of the molecule is CC(C)(C)OC(=O)N1C[C@@H](F)C[C@H]1C(=O)O.CC(C)(C)OC(=O)N1C[C@@H](F)C[C@H]1CO. The molecule has 0 aromatic rings. The molecule has 0 radical (unpaired) electrons. The maximum atomic E-state index is 13.1. The third kappa shape index (κ3) is 8.84. The Morgan fingerprint density at radius 3 is 1.71 bits per heavy atom. The van der Waals surface area contributed by atoms with Crippen molar-refractivity contribution in [2.45, 2.75) is 90.0 Å². The van der Waals surface area contributed by atoms with Crippen molar-refractivity contribution in [3.8, 4) is 0 Å². The molecule has 2 amide bonds. The van der Waals surface area contributed by atoms with E-state index in [1.165, 1.54) is 4.90 Å². The van der Waals surface area contributed by atoms with Gasteiger partial charge in [-0.05, 0) is 41.5 Å². The highest BCUT2D eigenvalue weighted by Crippen LogP contribution is 2.24. The van der Waals surface area contributed by atoms with Crippen LogP contribution >= 0.6 is 0 Å². The molecule has 4 atom stereocenters. The average Bonchev–Trinajstić information content (AvgIpc) is 3.15. The zero-order chi connectivity index (χ0) is 24.1. The topological polar surface area (TPSA) is 117 Å². The molecule has 0 saturated carbocycles. The summed E-state index contributed by atoms with van der Waals surface area (Å²) in [7, 11) is 0. The smallest absolute Gasteiger partial charge is 0.411 e. The molecule has 2 saturated heterocycles. The van der Waals surface area contributed by atoms with Crippen molar-refractivity contribution in [2.24, 2.45) is 0 Å². The number of hydrogen-bond donors (Lipinski definition) is 2. The minimum absolute atomic E-state index is 0.0140. The van der Waals surface area contributed by atoms with Crippen molar-refractivity contribution >= 4 is 18.2 Å². The molecular weight excluding hydrogens is 418 g/mol. The predicted octanol–water partition coefficient (Wildman–Crippen LogP) is 2.74. The predicted molar refractivity (Wildman–Crippen MR) is 107 cm³/mol. The van der Waals surface area contributed by atoms with E-state index in [4.69, 9.17) is 19.7 Å². The number of hydrogen-bond acceptors (Lipinski definition) is 6. The maximum absolute atomic E-state index is 13.1. The summed E-state index contributed by atoms with van der Waals surface area (Å²) in [6.07, 6.45) is -3.67. The molecule has 180 valence electrons. The van der Waals surface area contributed by atoms with Crippen LogP contribution in [-0.4, -0.2) is 93.5 Å². The van der Waals surface area contributed by atoms with Crippen LogP contribution in [0.15, 0.2) is 0 Å². The first-order valence-corrected chi connectivity index (χ1v) is 10.1. The van der Waals surface area contributed by atoms with Crippen LogP contribution in [0.4, 0.5) is 18.4 Å². The zero-order valence-electron chi connectivity index (χ0n) is 18.9. The van der Waals surface area contributed by atoms with Crippen molar-refractivity contribution in [1.29, 1.82) is 0 Å². The molecule has 0 aromatic carbocycles. The molecule has 0 aromatic heterocycles. The highest BCUT2D eigenvalue weighted by atomic mass is 19.1. The van der Waals surface area contributed by atoms with Gasteiger partial charge in [-0.25, -0.2) is 23.2 Å². The van der Waals surface area contributed by atoms with Gasteiger partial charge in [0.05, 0.1) is 25.7 Å². The minimum Gasteiger partial charge on any atom is -0.480 e. The fraction of sp³-hybridized carbons (Fsp3) is 0.850. The van der Waals surface area contributed by atoms with Crippen molar-refractivity contribution in [3.63, 3.8) is 0 Å².